The third-order valence-corrected chi connectivity index (χ3v) is 4.61. The molecule has 0 saturated carbocycles. The van der Waals surface area contributed by atoms with Crippen molar-refractivity contribution in [1.29, 1.82) is 0 Å². The lowest BCUT2D eigenvalue weighted by Gasteiger charge is -2.37. The van der Waals surface area contributed by atoms with Gasteiger partial charge < -0.3 is 9.30 Å². The largest absolute Gasteiger partial charge is 0.381 e. The van der Waals surface area contributed by atoms with Gasteiger partial charge in [-0.05, 0) is 30.5 Å². The van der Waals surface area contributed by atoms with Crippen LogP contribution in [-0.2, 0) is 24.8 Å². The molecular weight excluding hydrogens is 293 g/mol. The van der Waals surface area contributed by atoms with Gasteiger partial charge in [-0.25, -0.2) is 9.37 Å². The summed E-state index contributed by atoms with van der Waals surface area (Å²) in [5, 5.41) is 0. The zero-order chi connectivity index (χ0) is 16.2. The van der Waals surface area contributed by atoms with Crippen LogP contribution in [0.2, 0.25) is 0 Å². The van der Waals surface area contributed by atoms with Crippen molar-refractivity contribution in [2.45, 2.75) is 25.5 Å². The number of hydrogen-bond donors (Lipinski definition) is 0. The standard InChI is InChI=1S/C18H24FN3O/c1-21-11-17(20-13-21)12-22-8-7-18(23-2)15(10-22)9-14-3-5-16(19)6-4-14/h3-6,11,13,15,18H,7-10,12H2,1-2H3/t15-,18-/m1/s1. The lowest BCUT2D eigenvalue weighted by atomic mass is 9.88. The molecule has 0 N–H and O–H groups in total. The van der Waals surface area contributed by atoms with Crippen molar-refractivity contribution in [2.75, 3.05) is 20.2 Å². The fourth-order valence-electron chi connectivity index (χ4n) is 3.44. The van der Waals surface area contributed by atoms with E-state index in [4.69, 9.17) is 4.74 Å². The highest BCUT2D eigenvalue weighted by molar-refractivity contribution is 5.17. The zero-order valence-corrected chi connectivity index (χ0v) is 13.8. The summed E-state index contributed by atoms with van der Waals surface area (Å²) in [6, 6.07) is 6.82. The second-order valence-corrected chi connectivity index (χ2v) is 6.42. The van der Waals surface area contributed by atoms with Gasteiger partial charge in [0.1, 0.15) is 5.82 Å². The molecule has 1 aromatic heterocycles. The Labute approximate surface area is 136 Å². The van der Waals surface area contributed by atoms with Gasteiger partial charge in [0, 0.05) is 45.9 Å². The van der Waals surface area contributed by atoms with Crippen LogP contribution in [0.15, 0.2) is 36.8 Å². The predicted molar refractivity (Wildman–Crippen MR) is 87.5 cm³/mol. The number of likely N-dealkylation sites (tertiary alicyclic amines) is 1. The summed E-state index contributed by atoms with van der Waals surface area (Å²) in [6.07, 6.45) is 6.11. The van der Waals surface area contributed by atoms with Crippen molar-refractivity contribution in [2.24, 2.45) is 13.0 Å². The second-order valence-electron chi connectivity index (χ2n) is 6.42. The van der Waals surface area contributed by atoms with Crippen LogP contribution in [0.5, 0.6) is 0 Å². The molecule has 124 valence electrons. The van der Waals surface area contributed by atoms with Crippen molar-refractivity contribution in [3.05, 3.63) is 53.9 Å². The summed E-state index contributed by atoms with van der Waals surface area (Å²) in [5.41, 5.74) is 2.27. The number of methoxy groups -OCH3 is 1. The van der Waals surface area contributed by atoms with Crippen LogP contribution in [0.1, 0.15) is 17.7 Å². The topological polar surface area (TPSA) is 30.3 Å². The van der Waals surface area contributed by atoms with E-state index in [-0.39, 0.29) is 11.9 Å². The SMILES string of the molecule is CO[C@@H]1CCN(Cc2cn(C)cn2)C[C@H]1Cc1ccc(F)cc1. The number of hydrogen-bond acceptors (Lipinski definition) is 3. The third-order valence-electron chi connectivity index (χ3n) is 4.61. The number of ether oxygens (including phenoxy) is 1. The number of piperidine rings is 1. The average Bonchev–Trinajstić information content (AvgIpc) is 2.95. The van der Waals surface area contributed by atoms with Gasteiger partial charge in [-0.1, -0.05) is 12.1 Å². The first kappa shape index (κ1) is 16.1. The van der Waals surface area contributed by atoms with E-state index in [0.717, 1.165) is 43.7 Å². The van der Waals surface area contributed by atoms with E-state index in [1.54, 1.807) is 7.11 Å². The van der Waals surface area contributed by atoms with Gasteiger partial charge in [0.25, 0.3) is 0 Å². The zero-order valence-electron chi connectivity index (χ0n) is 13.8. The normalized spacial score (nSPS) is 22.4. The molecule has 0 amide bonds. The second kappa shape index (κ2) is 7.23. The molecule has 3 rings (SSSR count). The first-order chi connectivity index (χ1) is 11.1. The highest BCUT2D eigenvalue weighted by Crippen LogP contribution is 2.24. The molecule has 1 aliphatic rings. The van der Waals surface area contributed by atoms with E-state index in [0.29, 0.717) is 5.92 Å². The molecule has 1 fully saturated rings. The molecule has 2 atom stereocenters. The highest BCUT2D eigenvalue weighted by atomic mass is 19.1. The number of benzene rings is 1. The Balaban J connectivity index is 1.64. The van der Waals surface area contributed by atoms with Crippen LogP contribution in [0, 0.1) is 11.7 Å². The quantitative estimate of drug-likeness (QED) is 0.849. The molecule has 4 nitrogen and oxygen atoms in total. The van der Waals surface area contributed by atoms with Gasteiger partial charge in [0.2, 0.25) is 0 Å². The summed E-state index contributed by atoms with van der Waals surface area (Å²) < 4.78 is 20.7. The maximum absolute atomic E-state index is 13.1. The third kappa shape index (κ3) is 4.18. The van der Waals surface area contributed by atoms with Crippen LogP contribution >= 0.6 is 0 Å². The van der Waals surface area contributed by atoms with Crippen molar-refractivity contribution in [3.63, 3.8) is 0 Å². The molecule has 2 aromatic rings. The van der Waals surface area contributed by atoms with Crippen LogP contribution < -0.4 is 0 Å². The molecule has 0 radical (unpaired) electrons. The van der Waals surface area contributed by atoms with Gasteiger partial charge in [-0.2, -0.15) is 0 Å². The van der Waals surface area contributed by atoms with Gasteiger partial charge in [-0.15, -0.1) is 0 Å². The minimum atomic E-state index is -0.183. The number of rotatable bonds is 5. The Hall–Kier alpha value is -1.72. The number of aromatic nitrogens is 2. The van der Waals surface area contributed by atoms with Gasteiger partial charge >= 0.3 is 0 Å². The Bertz CT molecular complexity index is 625. The first-order valence-electron chi connectivity index (χ1n) is 8.10. The van der Waals surface area contributed by atoms with Gasteiger partial charge in [0.05, 0.1) is 18.1 Å². The molecule has 1 saturated heterocycles. The van der Waals surface area contributed by atoms with E-state index in [1.807, 2.05) is 30.1 Å². The number of aryl methyl sites for hydroxylation is 1. The Morgan fingerprint density at radius 2 is 2.09 bits per heavy atom. The van der Waals surface area contributed by atoms with Crippen LogP contribution in [0.3, 0.4) is 0 Å². The molecule has 23 heavy (non-hydrogen) atoms. The highest BCUT2D eigenvalue weighted by Gasteiger charge is 2.29. The molecule has 5 heteroatoms. The molecule has 0 spiro atoms. The van der Waals surface area contributed by atoms with Crippen LogP contribution in [0.4, 0.5) is 4.39 Å². The Morgan fingerprint density at radius 3 is 2.74 bits per heavy atom. The van der Waals surface area contributed by atoms with E-state index in [2.05, 4.69) is 16.1 Å². The minimum absolute atomic E-state index is 0.183. The summed E-state index contributed by atoms with van der Waals surface area (Å²) in [5.74, 6) is 0.236. The molecule has 1 aliphatic heterocycles. The van der Waals surface area contributed by atoms with E-state index >= 15 is 0 Å². The lowest BCUT2D eigenvalue weighted by molar-refractivity contribution is -0.00876. The molecule has 1 aromatic carbocycles. The number of imidazole rings is 1. The Kier molecular flexibility index (Phi) is 5.08. The maximum atomic E-state index is 13.1. The first-order valence-corrected chi connectivity index (χ1v) is 8.10. The van der Waals surface area contributed by atoms with Crippen molar-refractivity contribution in [1.82, 2.24) is 14.5 Å². The van der Waals surface area contributed by atoms with Crippen molar-refractivity contribution in [3.8, 4) is 0 Å². The smallest absolute Gasteiger partial charge is 0.123 e. The fourth-order valence-corrected chi connectivity index (χ4v) is 3.44. The van der Waals surface area contributed by atoms with Crippen LogP contribution in [0.25, 0.3) is 0 Å². The summed E-state index contributed by atoms with van der Waals surface area (Å²) in [7, 11) is 3.78. The van der Waals surface area contributed by atoms with E-state index in [1.165, 1.54) is 12.1 Å². The maximum Gasteiger partial charge on any atom is 0.123 e. The molecular formula is C18H24FN3O. The van der Waals surface area contributed by atoms with Crippen molar-refractivity contribution >= 4 is 0 Å². The average molecular weight is 317 g/mol. The van der Waals surface area contributed by atoms with E-state index < -0.39 is 0 Å². The van der Waals surface area contributed by atoms with Gasteiger partial charge in [0.15, 0.2) is 0 Å². The number of nitrogens with zero attached hydrogens (tertiary/aromatic N) is 3. The lowest BCUT2D eigenvalue weighted by Crippen LogP contribution is -2.44. The molecule has 2 heterocycles. The van der Waals surface area contributed by atoms with Crippen LogP contribution in [-0.4, -0.2) is 40.8 Å². The Morgan fingerprint density at radius 1 is 1.30 bits per heavy atom. The molecule has 0 bridgehead atoms. The molecule has 0 aliphatic carbocycles. The molecule has 0 unspecified atom stereocenters. The van der Waals surface area contributed by atoms with Crippen molar-refractivity contribution < 1.29 is 9.13 Å². The minimum Gasteiger partial charge on any atom is -0.381 e. The predicted octanol–water partition coefficient (Wildman–Crippen LogP) is 2.64. The fraction of sp³-hybridized carbons (Fsp3) is 0.500. The number of halogens is 1. The summed E-state index contributed by atoms with van der Waals surface area (Å²) in [6.45, 7) is 2.87. The summed E-state index contributed by atoms with van der Waals surface area (Å²) in [4.78, 5) is 6.85. The van der Waals surface area contributed by atoms with E-state index in [9.17, 15) is 4.39 Å². The van der Waals surface area contributed by atoms with Gasteiger partial charge in [-0.3, -0.25) is 4.90 Å². The summed E-state index contributed by atoms with van der Waals surface area (Å²) >= 11 is 0. The monoisotopic (exact) mass is 317 g/mol.